The van der Waals surface area contributed by atoms with Crippen LogP contribution in [0.15, 0.2) is 48.5 Å². The Morgan fingerprint density at radius 1 is 1.05 bits per heavy atom. The summed E-state index contributed by atoms with van der Waals surface area (Å²) in [6.07, 6.45) is -0.0209. The van der Waals surface area contributed by atoms with E-state index in [1.165, 1.54) is 4.90 Å². The van der Waals surface area contributed by atoms with Crippen molar-refractivity contribution in [3.63, 3.8) is 0 Å². The summed E-state index contributed by atoms with van der Waals surface area (Å²) in [4.78, 5) is 66.6. The largest absolute Gasteiger partial charge is 0.460 e. The summed E-state index contributed by atoms with van der Waals surface area (Å²) in [5, 5.41) is 5.28. The highest BCUT2D eigenvalue weighted by Crippen LogP contribution is 2.39. The number of anilines is 1. The van der Waals surface area contributed by atoms with Crippen LogP contribution in [-0.4, -0.2) is 58.7 Å². The second-order valence-electron chi connectivity index (χ2n) is 11.1. The molecule has 0 saturated heterocycles. The third-order valence-corrected chi connectivity index (χ3v) is 7.39. The molecule has 0 bridgehead atoms. The van der Waals surface area contributed by atoms with E-state index in [1.54, 1.807) is 20.8 Å². The fraction of sp³-hybridized carbons (Fsp3) is 0.433. The van der Waals surface area contributed by atoms with Crippen LogP contribution in [0.1, 0.15) is 50.3 Å². The number of ketones is 1. The zero-order chi connectivity index (χ0) is 29.7. The van der Waals surface area contributed by atoms with Gasteiger partial charge in [0.2, 0.25) is 11.8 Å². The SMILES string of the molecule is CC(C)(C)OC(=O)CC(NC(=O)[C@@H]1Cc2cccc3c2N1C(=O)[C@@H](NC(=O)OCc1ccccc1)CC3)C(=O)CBr. The lowest BCUT2D eigenvalue weighted by atomic mass is 10.0. The molecule has 0 fully saturated rings. The average molecular weight is 629 g/mol. The van der Waals surface area contributed by atoms with Crippen LogP contribution in [0.3, 0.4) is 0 Å². The fourth-order valence-electron chi connectivity index (χ4n) is 5.04. The van der Waals surface area contributed by atoms with Gasteiger partial charge in [-0.05, 0) is 50.3 Å². The van der Waals surface area contributed by atoms with Crippen LogP contribution in [0, 0.1) is 0 Å². The number of esters is 1. The highest BCUT2D eigenvalue weighted by Gasteiger charge is 2.45. The minimum atomic E-state index is -1.14. The van der Waals surface area contributed by atoms with Crippen molar-refractivity contribution in [2.75, 3.05) is 10.2 Å². The van der Waals surface area contributed by atoms with Gasteiger partial charge in [-0.25, -0.2) is 4.79 Å². The van der Waals surface area contributed by atoms with Gasteiger partial charge in [0.05, 0.1) is 23.5 Å². The summed E-state index contributed by atoms with van der Waals surface area (Å²) in [5.41, 5.74) is 2.40. The number of nitrogens with one attached hydrogen (secondary N) is 2. The number of para-hydroxylation sites is 1. The quantitative estimate of drug-likeness (QED) is 0.322. The standard InChI is InChI=1S/C30H34BrN3O7/c1-30(2,3)41-25(36)15-22(24(35)16-31)32-27(37)23-14-20-11-7-10-19-12-13-21(28(38)34(23)26(19)20)33-29(39)40-17-18-8-5-4-6-9-18/h4-11,21-23H,12-17H2,1-3H3,(H,32,37)(H,33,39)/t21-,22?,23-/m0/s1. The van der Waals surface area contributed by atoms with Crippen molar-refractivity contribution in [1.82, 2.24) is 10.6 Å². The maximum Gasteiger partial charge on any atom is 0.408 e. The van der Waals surface area contributed by atoms with Gasteiger partial charge in [0.1, 0.15) is 24.3 Å². The zero-order valence-corrected chi connectivity index (χ0v) is 24.9. The van der Waals surface area contributed by atoms with Crippen LogP contribution in [0.2, 0.25) is 0 Å². The summed E-state index contributed by atoms with van der Waals surface area (Å²) in [6, 6.07) is 11.8. The number of carbonyl (C=O) groups excluding carboxylic acids is 5. The van der Waals surface area contributed by atoms with Crippen LogP contribution in [-0.2, 0) is 48.1 Å². The first kappa shape index (κ1) is 30.2. The number of rotatable bonds is 9. The molecule has 0 saturated carbocycles. The van der Waals surface area contributed by atoms with Gasteiger partial charge in [-0.2, -0.15) is 0 Å². The van der Waals surface area contributed by atoms with Gasteiger partial charge in [-0.3, -0.25) is 24.1 Å². The predicted molar refractivity (Wildman–Crippen MR) is 154 cm³/mol. The topological polar surface area (TPSA) is 131 Å². The number of ether oxygens (including phenoxy) is 2. The molecule has 2 aromatic carbocycles. The first-order valence-corrected chi connectivity index (χ1v) is 14.6. The third kappa shape index (κ3) is 7.52. The van der Waals surface area contributed by atoms with Gasteiger partial charge in [0, 0.05) is 6.42 Å². The second kappa shape index (κ2) is 12.8. The molecular formula is C30H34BrN3O7. The van der Waals surface area contributed by atoms with E-state index in [0.717, 1.165) is 16.7 Å². The fourth-order valence-corrected chi connectivity index (χ4v) is 5.43. The Labute approximate surface area is 247 Å². The summed E-state index contributed by atoms with van der Waals surface area (Å²) >= 11 is 3.12. The molecule has 10 nitrogen and oxygen atoms in total. The Morgan fingerprint density at radius 2 is 1.76 bits per heavy atom. The molecule has 0 aliphatic carbocycles. The van der Waals surface area contributed by atoms with Crippen molar-refractivity contribution < 1.29 is 33.4 Å². The van der Waals surface area contributed by atoms with Crippen LogP contribution in [0.25, 0.3) is 0 Å². The van der Waals surface area contributed by atoms with E-state index in [-0.39, 0.29) is 24.8 Å². The summed E-state index contributed by atoms with van der Waals surface area (Å²) in [6.45, 7) is 5.19. The van der Waals surface area contributed by atoms with E-state index in [1.807, 2.05) is 48.5 Å². The smallest absolute Gasteiger partial charge is 0.408 e. The molecule has 41 heavy (non-hydrogen) atoms. The highest BCUT2D eigenvalue weighted by molar-refractivity contribution is 9.09. The molecule has 11 heteroatoms. The van der Waals surface area contributed by atoms with E-state index in [9.17, 15) is 24.0 Å². The number of amides is 3. The molecule has 218 valence electrons. The molecule has 4 rings (SSSR count). The maximum absolute atomic E-state index is 13.8. The number of hydrogen-bond acceptors (Lipinski definition) is 7. The monoisotopic (exact) mass is 627 g/mol. The van der Waals surface area contributed by atoms with Crippen molar-refractivity contribution in [3.05, 3.63) is 65.2 Å². The molecule has 2 heterocycles. The van der Waals surface area contributed by atoms with E-state index in [0.29, 0.717) is 18.5 Å². The normalized spacial score (nSPS) is 18.5. The number of hydrogen-bond donors (Lipinski definition) is 2. The van der Waals surface area contributed by atoms with E-state index < -0.39 is 53.4 Å². The number of alkyl carbamates (subject to hydrolysis) is 1. The van der Waals surface area contributed by atoms with E-state index >= 15 is 0 Å². The summed E-state index contributed by atoms with van der Waals surface area (Å²) in [7, 11) is 0. The van der Waals surface area contributed by atoms with Gasteiger partial charge in [-0.1, -0.05) is 64.5 Å². The summed E-state index contributed by atoms with van der Waals surface area (Å²) in [5.74, 6) is -2.04. The molecule has 3 amide bonds. The molecule has 0 radical (unpaired) electrons. The number of aryl methyl sites for hydroxylation is 1. The second-order valence-corrected chi connectivity index (χ2v) is 11.7. The number of nitrogens with zero attached hydrogens (tertiary/aromatic N) is 1. The van der Waals surface area contributed by atoms with E-state index in [2.05, 4.69) is 26.6 Å². The minimum Gasteiger partial charge on any atom is -0.460 e. The Balaban J connectivity index is 1.51. The molecule has 0 spiro atoms. The third-order valence-electron chi connectivity index (χ3n) is 6.84. The van der Waals surface area contributed by atoms with Crippen molar-refractivity contribution >= 4 is 51.3 Å². The zero-order valence-electron chi connectivity index (χ0n) is 23.3. The molecule has 2 N–H and O–H groups in total. The number of carbonyl (C=O) groups is 5. The lowest BCUT2D eigenvalue weighted by molar-refractivity contribution is -0.156. The van der Waals surface area contributed by atoms with Crippen molar-refractivity contribution in [1.29, 1.82) is 0 Å². The summed E-state index contributed by atoms with van der Waals surface area (Å²) < 4.78 is 10.7. The van der Waals surface area contributed by atoms with Gasteiger partial charge in [0.15, 0.2) is 5.78 Å². The number of benzene rings is 2. The Morgan fingerprint density at radius 3 is 2.44 bits per heavy atom. The van der Waals surface area contributed by atoms with E-state index in [4.69, 9.17) is 9.47 Å². The molecule has 1 unspecified atom stereocenters. The Bertz CT molecular complexity index is 1330. The number of Topliss-reactive ketones (excluding diaryl/α,β-unsaturated/α-hetero) is 1. The number of alkyl halides is 1. The number of halogens is 1. The lowest BCUT2D eigenvalue weighted by Crippen LogP contribution is -2.56. The molecule has 2 aliphatic heterocycles. The van der Waals surface area contributed by atoms with Crippen molar-refractivity contribution in [2.45, 2.75) is 76.8 Å². The van der Waals surface area contributed by atoms with Crippen LogP contribution >= 0.6 is 15.9 Å². The molecule has 2 aliphatic rings. The molecular weight excluding hydrogens is 594 g/mol. The van der Waals surface area contributed by atoms with Crippen LogP contribution in [0.4, 0.5) is 10.5 Å². The maximum atomic E-state index is 13.8. The first-order chi connectivity index (χ1) is 19.5. The van der Waals surface area contributed by atoms with Crippen LogP contribution in [0.5, 0.6) is 0 Å². The van der Waals surface area contributed by atoms with Gasteiger partial charge >= 0.3 is 12.1 Å². The van der Waals surface area contributed by atoms with Gasteiger partial charge < -0.3 is 20.1 Å². The Hall–Kier alpha value is -3.73. The first-order valence-electron chi connectivity index (χ1n) is 13.5. The molecule has 3 atom stereocenters. The molecule has 0 aromatic heterocycles. The van der Waals surface area contributed by atoms with Gasteiger partial charge in [-0.15, -0.1) is 0 Å². The molecule has 2 aromatic rings. The highest BCUT2D eigenvalue weighted by atomic mass is 79.9. The Kier molecular flexibility index (Phi) is 9.47. The van der Waals surface area contributed by atoms with Gasteiger partial charge in [0.25, 0.3) is 0 Å². The minimum absolute atomic E-state index is 0.0489. The predicted octanol–water partition coefficient (Wildman–Crippen LogP) is 3.37. The van der Waals surface area contributed by atoms with Crippen molar-refractivity contribution in [2.24, 2.45) is 0 Å². The van der Waals surface area contributed by atoms with Crippen molar-refractivity contribution in [3.8, 4) is 0 Å². The lowest BCUT2D eigenvalue weighted by Gasteiger charge is -2.29. The van der Waals surface area contributed by atoms with Crippen LogP contribution < -0.4 is 15.5 Å². The average Bonchev–Trinajstić information content (AvgIpc) is 3.26.